The van der Waals surface area contributed by atoms with Gasteiger partial charge in [-0.15, -0.1) is 0 Å². The standard InChI is InChI=1S/C26H28N2O/c29-26-25-17-23-9-5-4-8-22(23)16-24(25)19-28(26)15-12-20-10-13-27(14-11-20)18-21-6-2-1-3-7-21/h1-9,16-17,20H,10-15,18-19H2. The van der Waals surface area contributed by atoms with Crippen LogP contribution in [0.25, 0.3) is 10.8 Å². The maximum Gasteiger partial charge on any atom is 0.254 e. The summed E-state index contributed by atoms with van der Waals surface area (Å²) in [6.07, 6.45) is 3.61. The highest BCUT2D eigenvalue weighted by Gasteiger charge is 2.28. The van der Waals surface area contributed by atoms with Gasteiger partial charge in [0.05, 0.1) is 0 Å². The molecule has 0 unspecified atom stereocenters. The van der Waals surface area contributed by atoms with Crippen molar-refractivity contribution in [1.82, 2.24) is 9.80 Å². The molecule has 1 saturated heterocycles. The van der Waals surface area contributed by atoms with Crippen LogP contribution in [0.1, 0.15) is 40.7 Å². The number of amides is 1. The second-order valence-corrected chi connectivity index (χ2v) is 8.58. The molecule has 0 bridgehead atoms. The lowest BCUT2D eigenvalue weighted by atomic mass is 9.93. The summed E-state index contributed by atoms with van der Waals surface area (Å²) >= 11 is 0. The van der Waals surface area contributed by atoms with Crippen molar-refractivity contribution in [2.45, 2.75) is 32.4 Å². The first-order valence-electron chi connectivity index (χ1n) is 10.8. The number of carbonyl (C=O) groups excluding carboxylic acids is 1. The Morgan fingerprint density at radius 3 is 2.31 bits per heavy atom. The van der Waals surface area contributed by atoms with Gasteiger partial charge in [0.25, 0.3) is 5.91 Å². The highest BCUT2D eigenvalue weighted by Crippen LogP contribution is 2.29. The molecule has 148 valence electrons. The molecule has 2 heterocycles. The average Bonchev–Trinajstić information content (AvgIpc) is 3.07. The van der Waals surface area contributed by atoms with Gasteiger partial charge in [0, 0.05) is 25.2 Å². The number of likely N-dealkylation sites (tertiary alicyclic amines) is 1. The van der Waals surface area contributed by atoms with E-state index < -0.39 is 0 Å². The van der Waals surface area contributed by atoms with Crippen LogP contribution in [0.4, 0.5) is 0 Å². The zero-order valence-corrected chi connectivity index (χ0v) is 16.9. The summed E-state index contributed by atoms with van der Waals surface area (Å²) in [7, 11) is 0. The summed E-state index contributed by atoms with van der Waals surface area (Å²) in [5, 5.41) is 2.39. The normalized spacial score (nSPS) is 17.8. The number of benzene rings is 3. The minimum atomic E-state index is 0.215. The van der Waals surface area contributed by atoms with E-state index in [2.05, 4.69) is 70.5 Å². The van der Waals surface area contributed by atoms with E-state index in [0.29, 0.717) is 0 Å². The van der Waals surface area contributed by atoms with E-state index in [4.69, 9.17) is 0 Å². The number of carbonyl (C=O) groups is 1. The Kier molecular flexibility index (Phi) is 5.07. The van der Waals surface area contributed by atoms with Crippen molar-refractivity contribution < 1.29 is 4.79 Å². The van der Waals surface area contributed by atoms with Gasteiger partial charge in [-0.25, -0.2) is 0 Å². The van der Waals surface area contributed by atoms with Crippen LogP contribution in [0.15, 0.2) is 66.7 Å². The predicted octanol–water partition coefficient (Wildman–Crippen LogP) is 5.10. The van der Waals surface area contributed by atoms with Gasteiger partial charge in [-0.3, -0.25) is 9.69 Å². The quantitative estimate of drug-likeness (QED) is 0.611. The first kappa shape index (κ1) is 18.4. The molecule has 2 aliphatic heterocycles. The summed E-state index contributed by atoms with van der Waals surface area (Å²) in [5.41, 5.74) is 3.49. The van der Waals surface area contributed by atoms with Gasteiger partial charge in [-0.1, -0.05) is 54.6 Å². The van der Waals surface area contributed by atoms with E-state index in [1.165, 1.54) is 42.4 Å². The van der Waals surface area contributed by atoms with E-state index >= 15 is 0 Å². The third-order valence-corrected chi connectivity index (χ3v) is 6.61. The van der Waals surface area contributed by atoms with Crippen LogP contribution in [0.5, 0.6) is 0 Å². The van der Waals surface area contributed by atoms with E-state index in [9.17, 15) is 4.79 Å². The Bertz CT molecular complexity index is 1010. The summed E-state index contributed by atoms with van der Waals surface area (Å²) in [6.45, 7) is 5.04. The molecule has 0 saturated carbocycles. The molecule has 3 aromatic rings. The van der Waals surface area contributed by atoms with Gasteiger partial charge in [0.2, 0.25) is 0 Å². The van der Waals surface area contributed by atoms with Crippen LogP contribution in [0.2, 0.25) is 0 Å². The van der Waals surface area contributed by atoms with Crippen LogP contribution in [0.3, 0.4) is 0 Å². The summed E-state index contributed by atoms with van der Waals surface area (Å²) in [6, 6.07) is 23.4. The smallest absolute Gasteiger partial charge is 0.254 e. The van der Waals surface area contributed by atoms with Gasteiger partial charge in [0.15, 0.2) is 0 Å². The molecular formula is C26H28N2O. The molecule has 3 nitrogen and oxygen atoms in total. The number of hydrogen-bond donors (Lipinski definition) is 0. The lowest BCUT2D eigenvalue weighted by molar-refractivity contribution is 0.0757. The first-order chi connectivity index (χ1) is 14.3. The largest absolute Gasteiger partial charge is 0.334 e. The minimum absolute atomic E-state index is 0.215. The van der Waals surface area contributed by atoms with Gasteiger partial charge in [0.1, 0.15) is 0 Å². The Labute approximate surface area is 172 Å². The number of piperidine rings is 1. The molecule has 1 fully saturated rings. The molecule has 0 atom stereocenters. The molecule has 0 spiro atoms. The SMILES string of the molecule is O=C1c2cc3ccccc3cc2CN1CCC1CCN(Cc2ccccc2)CC1. The molecule has 0 N–H and O–H groups in total. The van der Waals surface area contributed by atoms with Crippen molar-refractivity contribution in [2.75, 3.05) is 19.6 Å². The monoisotopic (exact) mass is 384 g/mol. The topological polar surface area (TPSA) is 23.6 Å². The Hall–Kier alpha value is -2.65. The molecule has 3 aromatic carbocycles. The Balaban J connectivity index is 1.14. The third-order valence-electron chi connectivity index (χ3n) is 6.61. The number of rotatable bonds is 5. The van der Waals surface area contributed by atoms with Crippen molar-refractivity contribution in [1.29, 1.82) is 0 Å². The van der Waals surface area contributed by atoms with Gasteiger partial charge >= 0.3 is 0 Å². The molecule has 0 radical (unpaired) electrons. The molecule has 29 heavy (non-hydrogen) atoms. The fourth-order valence-electron chi connectivity index (χ4n) is 4.86. The highest BCUT2D eigenvalue weighted by atomic mass is 16.2. The van der Waals surface area contributed by atoms with Gasteiger partial charge < -0.3 is 4.90 Å². The molecule has 0 aliphatic carbocycles. The van der Waals surface area contributed by atoms with Crippen molar-refractivity contribution in [3.63, 3.8) is 0 Å². The van der Waals surface area contributed by atoms with Crippen molar-refractivity contribution >= 4 is 16.7 Å². The zero-order valence-electron chi connectivity index (χ0n) is 16.9. The first-order valence-corrected chi connectivity index (χ1v) is 10.8. The highest BCUT2D eigenvalue weighted by molar-refractivity contribution is 6.02. The number of hydrogen-bond acceptors (Lipinski definition) is 2. The van der Waals surface area contributed by atoms with Crippen molar-refractivity contribution in [2.24, 2.45) is 5.92 Å². The second kappa shape index (κ2) is 8.00. The van der Waals surface area contributed by atoms with Crippen LogP contribution < -0.4 is 0 Å². The van der Waals surface area contributed by atoms with Gasteiger partial charge in [-0.05, 0) is 72.3 Å². The zero-order chi connectivity index (χ0) is 19.6. The minimum Gasteiger partial charge on any atom is -0.334 e. The fourth-order valence-corrected chi connectivity index (χ4v) is 4.86. The molecule has 0 aromatic heterocycles. The number of fused-ring (bicyclic) bond motifs is 2. The maximum atomic E-state index is 12.9. The molecule has 5 rings (SSSR count). The maximum absolute atomic E-state index is 12.9. The lowest BCUT2D eigenvalue weighted by Gasteiger charge is -2.32. The van der Waals surface area contributed by atoms with Crippen LogP contribution >= 0.6 is 0 Å². The molecule has 1 amide bonds. The van der Waals surface area contributed by atoms with Crippen molar-refractivity contribution in [3.8, 4) is 0 Å². The summed E-state index contributed by atoms with van der Waals surface area (Å²) in [5.74, 6) is 0.949. The fraction of sp³-hybridized carbons (Fsp3) is 0.346. The molecule has 2 aliphatic rings. The Morgan fingerprint density at radius 2 is 1.55 bits per heavy atom. The van der Waals surface area contributed by atoms with E-state index in [1.807, 2.05) is 6.07 Å². The predicted molar refractivity (Wildman–Crippen MR) is 118 cm³/mol. The summed E-state index contributed by atoms with van der Waals surface area (Å²) < 4.78 is 0. The molecular weight excluding hydrogens is 356 g/mol. The second-order valence-electron chi connectivity index (χ2n) is 8.58. The average molecular weight is 385 g/mol. The van der Waals surface area contributed by atoms with E-state index in [-0.39, 0.29) is 5.91 Å². The van der Waals surface area contributed by atoms with Gasteiger partial charge in [-0.2, -0.15) is 0 Å². The summed E-state index contributed by atoms with van der Waals surface area (Å²) in [4.78, 5) is 17.5. The number of nitrogens with zero attached hydrogens (tertiary/aromatic N) is 2. The molecule has 3 heteroatoms. The van der Waals surface area contributed by atoms with Crippen LogP contribution in [-0.4, -0.2) is 35.3 Å². The van der Waals surface area contributed by atoms with E-state index in [1.54, 1.807) is 0 Å². The third kappa shape index (κ3) is 3.92. The van der Waals surface area contributed by atoms with E-state index in [0.717, 1.165) is 42.9 Å². The Morgan fingerprint density at radius 1 is 0.862 bits per heavy atom. The van der Waals surface area contributed by atoms with Crippen LogP contribution in [-0.2, 0) is 13.1 Å². The van der Waals surface area contributed by atoms with Crippen LogP contribution in [0, 0.1) is 5.92 Å². The lowest BCUT2D eigenvalue weighted by Crippen LogP contribution is -2.35. The van der Waals surface area contributed by atoms with Crippen molar-refractivity contribution in [3.05, 3.63) is 83.4 Å².